The summed E-state index contributed by atoms with van der Waals surface area (Å²) in [5.74, 6) is 6.66. The second kappa shape index (κ2) is 6.97. The number of hydrogen-bond acceptors (Lipinski definition) is 4. The maximum absolute atomic E-state index is 12.7. The molecule has 4 nitrogen and oxygen atoms in total. The molecule has 1 amide bonds. The summed E-state index contributed by atoms with van der Waals surface area (Å²) >= 11 is 1.89. The molecule has 1 fully saturated rings. The fourth-order valence-electron chi connectivity index (χ4n) is 2.23. The highest BCUT2D eigenvalue weighted by Crippen LogP contribution is 2.30. The molecule has 1 N–H and O–H groups in total. The predicted octanol–water partition coefficient (Wildman–Crippen LogP) is 1.78. The van der Waals surface area contributed by atoms with Gasteiger partial charge in [-0.15, -0.1) is 0 Å². The Hall–Kier alpha value is -1.51. The van der Waals surface area contributed by atoms with Crippen LogP contribution in [0.4, 0.5) is 0 Å². The van der Waals surface area contributed by atoms with E-state index < -0.39 is 0 Å². The Morgan fingerprint density at radius 1 is 1.57 bits per heavy atom. The highest BCUT2D eigenvalue weighted by molar-refractivity contribution is 8.00. The normalized spacial score (nSPS) is 17.0. The third kappa shape index (κ3) is 4.23. The zero-order chi connectivity index (χ0) is 15.3. The van der Waals surface area contributed by atoms with Crippen molar-refractivity contribution in [2.75, 3.05) is 25.4 Å². The van der Waals surface area contributed by atoms with E-state index in [-0.39, 0.29) is 17.3 Å². The molecule has 112 valence electrons. The summed E-state index contributed by atoms with van der Waals surface area (Å²) < 4.78 is 0.0748. The van der Waals surface area contributed by atoms with Crippen molar-refractivity contribution in [3.05, 3.63) is 29.6 Å². The summed E-state index contributed by atoms with van der Waals surface area (Å²) in [6.07, 6.45) is 2.02. The van der Waals surface area contributed by atoms with E-state index in [0.29, 0.717) is 17.7 Å². The minimum Gasteiger partial charge on any atom is -0.395 e. The lowest BCUT2D eigenvalue weighted by molar-refractivity contribution is 0.0742. The maximum atomic E-state index is 12.7. The fraction of sp³-hybridized carbons (Fsp3) is 0.500. The first-order valence-electron chi connectivity index (χ1n) is 7.01. The Balaban J connectivity index is 2.21. The van der Waals surface area contributed by atoms with Crippen molar-refractivity contribution in [2.45, 2.75) is 25.0 Å². The molecule has 0 spiro atoms. The van der Waals surface area contributed by atoms with E-state index >= 15 is 0 Å². The number of aliphatic hydroxyl groups is 1. The molecule has 0 aromatic carbocycles. The standard InChI is InChI=1S/C16H20N2O2S/c1-16(2)12-18(9-11-21-16)15(20)14-13(6-3-4-10-19)7-5-8-17-14/h5,7-8,19H,4,9-12H2,1-2H3. The Bertz CT molecular complexity index is 575. The van der Waals surface area contributed by atoms with Gasteiger partial charge in [0.15, 0.2) is 0 Å². The molecule has 1 saturated heterocycles. The maximum Gasteiger partial charge on any atom is 0.273 e. The van der Waals surface area contributed by atoms with E-state index in [9.17, 15) is 4.79 Å². The summed E-state index contributed by atoms with van der Waals surface area (Å²) in [4.78, 5) is 18.8. The molecule has 0 aliphatic carbocycles. The second-order valence-corrected chi connectivity index (χ2v) is 7.31. The summed E-state index contributed by atoms with van der Waals surface area (Å²) in [7, 11) is 0. The highest BCUT2D eigenvalue weighted by atomic mass is 32.2. The Morgan fingerprint density at radius 2 is 2.38 bits per heavy atom. The topological polar surface area (TPSA) is 53.4 Å². The molecule has 1 aliphatic rings. The smallest absolute Gasteiger partial charge is 0.273 e. The third-order valence-electron chi connectivity index (χ3n) is 3.18. The van der Waals surface area contributed by atoms with E-state index in [1.54, 1.807) is 18.3 Å². The van der Waals surface area contributed by atoms with Gasteiger partial charge in [0.2, 0.25) is 0 Å². The largest absolute Gasteiger partial charge is 0.395 e. The number of carbonyl (C=O) groups is 1. The van der Waals surface area contributed by atoms with Gasteiger partial charge in [0.1, 0.15) is 5.69 Å². The van der Waals surface area contributed by atoms with Gasteiger partial charge >= 0.3 is 0 Å². The number of pyridine rings is 1. The van der Waals surface area contributed by atoms with Crippen LogP contribution in [0.5, 0.6) is 0 Å². The van der Waals surface area contributed by atoms with Crippen LogP contribution in [0, 0.1) is 11.8 Å². The number of carbonyl (C=O) groups excluding carboxylic acids is 1. The summed E-state index contributed by atoms with van der Waals surface area (Å²) in [6, 6.07) is 3.57. The van der Waals surface area contributed by atoms with Crippen LogP contribution < -0.4 is 0 Å². The third-order valence-corrected chi connectivity index (χ3v) is 4.48. The van der Waals surface area contributed by atoms with Crippen LogP contribution in [0.1, 0.15) is 36.3 Å². The van der Waals surface area contributed by atoms with E-state index in [0.717, 1.165) is 18.8 Å². The average Bonchev–Trinajstić information content (AvgIpc) is 2.46. The molecule has 5 heteroatoms. The number of aromatic nitrogens is 1. The second-order valence-electron chi connectivity index (χ2n) is 5.51. The molecule has 0 bridgehead atoms. The minimum absolute atomic E-state index is 0.0219. The first kappa shape index (κ1) is 15.9. The van der Waals surface area contributed by atoms with Crippen molar-refractivity contribution in [1.82, 2.24) is 9.88 Å². The van der Waals surface area contributed by atoms with E-state index in [1.807, 2.05) is 16.7 Å². The van der Waals surface area contributed by atoms with Gasteiger partial charge in [-0.3, -0.25) is 4.79 Å². The van der Waals surface area contributed by atoms with Gasteiger partial charge in [0.05, 0.1) is 12.2 Å². The number of rotatable bonds is 2. The van der Waals surface area contributed by atoms with Gasteiger partial charge in [-0.05, 0) is 26.0 Å². The van der Waals surface area contributed by atoms with E-state index in [4.69, 9.17) is 5.11 Å². The molecule has 0 atom stereocenters. The molecular weight excluding hydrogens is 284 g/mol. The van der Waals surface area contributed by atoms with Gasteiger partial charge in [0.25, 0.3) is 5.91 Å². The van der Waals surface area contributed by atoms with Crippen LogP contribution in [0.2, 0.25) is 0 Å². The van der Waals surface area contributed by atoms with E-state index in [2.05, 4.69) is 30.7 Å². The van der Waals surface area contributed by atoms with Crippen molar-refractivity contribution in [2.24, 2.45) is 0 Å². The molecule has 1 aliphatic heterocycles. The van der Waals surface area contributed by atoms with Gasteiger partial charge in [-0.1, -0.05) is 11.8 Å². The van der Waals surface area contributed by atoms with Crippen LogP contribution in [0.15, 0.2) is 18.3 Å². The Kier molecular flexibility index (Phi) is 5.27. The molecule has 0 unspecified atom stereocenters. The van der Waals surface area contributed by atoms with Crippen LogP contribution in [0.3, 0.4) is 0 Å². The van der Waals surface area contributed by atoms with Gasteiger partial charge in [-0.2, -0.15) is 11.8 Å². The lowest BCUT2D eigenvalue weighted by Gasteiger charge is -2.37. The van der Waals surface area contributed by atoms with Crippen LogP contribution >= 0.6 is 11.8 Å². The Labute approximate surface area is 129 Å². The molecular formula is C16H20N2O2S. The molecule has 1 aromatic heterocycles. The minimum atomic E-state index is -0.0581. The fourth-order valence-corrected chi connectivity index (χ4v) is 3.34. The predicted molar refractivity (Wildman–Crippen MR) is 85.3 cm³/mol. The molecule has 0 radical (unpaired) electrons. The SMILES string of the molecule is CC1(C)CN(C(=O)c2ncccc2C#CCCO)CCS1. The molecule has 21 heavy (non-hydrogen) atoms. The average molecular weight is 304 g/mol. The van der Waals surface area contributed by atoms with Crippen molar-refractivity contribution in [1.29, 1.82) is 0 Å². The first-order valence-corrected chi connectivity index (χ1v) is 8.00. The van der Waals surface area contributed by atoms with Crippen molar-refractivity contribution in [3.63, 3.8) is 0 Å². The van der Waals surface area contributed by atoms with Crippen LogP contribution in [-0.2, 0) is 0 Å². The summed E-state index contributed by atoms with van der Waals surface area (Å²) in [5, 5.41) is 8.79. The molecule has 2 rings (SSSR count). The number of amides is 1. The van der Waals surface area contributed by atoms with Crippen LogP contribution in [0.25, 0.3) is 0 Å². The summed E-state index contributed by atoms with van der Waals surface area (Å²) in [6.45, 7) is 5.78. The summed E-state index contributed by atoms with van der Waals surface area (Å²) in [5.41, 5.74) is 1.04. The van der Waals surface area contributed by atoms with Gasteiger partial charge < -0.3 is 10.0 Å². The zero-order valence-corrected chi connectivity index (χ0v) is 13.2. The quantitative estimate of drug-likeness (QED) is 0.846. The van der Waals surface area contributed by atoms with Gasteiger partial charge in [-0.25, -0.2) is 4.98 Å². The number of hydrogen-bond donors (Lipinski definition) is 1. The van der Waals surface area contributed by atoms with Crippen molar-refractivity contribution < 1.29 is 9.90 Å². The lowest BCUT2D eigenvalue weighted by atomic mass is 10.1. The number of nitrogens with zero attached hydrogens (tertiary/aromatic N) is 2. The molecule has 2 heterocycles. The zero-order valence-electron chi connectivity index (χ0n) is 12.4. The molecule has 0 saturated carbocycles. The Morgan fingerprint density at radius 3 is 3.10 bits per heavy atom. The lowest BCUT2D eigenvalue weighted by Crippen LogP contribution is -2.46. The molecule has 1 aromatic rings. The number of thioether (sulfide) groups is 1. The first-order chi connectivity index (χ1) is 10.0. The monoisotopic (exact) mass is 304 g/mol. The van der Waals surface area contributed by atoms with Crippen molar-refractivity contribution >= 4 is 17.7 Å². The number of aliphatic hydroxyl groups excluding tert-OH is 1. The van der Waals surface area contributed by atoms with Crippen molar-refractivity contribution in [3.8, 4) is 11.8 Å². The van der Waals surface area contributed by atoms with E-state index in [1.165, 1.54) is 0 Å². The highest BCUT2D eigenvalue weighted by Gasteiger charge is 2.31. The van der Waals surface area contributed by atoms with Gasteiger partial charge in [0, 0.05) is 36.2 Å². The van der Waals surface area contributed by atoms with Crippen LogP contribution in [-0.4, -0.2) is 51.1 Å².